The van der Waals surface area contributed by atoms with Gasteiger partial charge < -0.3 is 15.3 Å². The molecule has 0 aliphatic rings. The number of carboxylic acids is 1. The molecule has 0 heterocycles. The molecule has 0 aliphatic heterocycles. The fourth-order valence-electron chi connectivity index (χ4n) is 1.64. The van der Waals surface area contributed by atoms with Crippen molar-refractivity contribution in [2.75, 3.05) is 0 Å². The summed E-state index contributed by atoms with van der Waals surface area (Å²) in [6, 6.07) is 0. The molecule has 0 bridgehead atoms. The molecule has 0 aromatic carbocycles. The van der Waals surface area contributed by atoms with Gasteiger partial charge in [-0.05, 0) is 32.1 Å². The van der Waals surface area contributed by atoms with Gasteiger partial charge in [0.15, 0.2) is 0 Å². The summed E-state index contributed by atoms with van der Waals surface area (Å²) in [5.74, 6) is -0.792. The van der Waals surface area contributed by atoms with Crippen molar-refractivity contribution >= 4 is 5.97 Å². The Labute approximate surface area is 133 Å². The number of hydrogen-bond acceptors (Lipinski definition) is 3. The maximum Gasteiger partial charge on any atom is 0.303 e. The van der Waals surface area contributed by atoms with Gasteiger partial charge in [-0.3, -0.25) is 4.79 Å². The average Bonchev–Trinajstić information content (AvgIpc) is 2.49. The molecular weight excluding hydrogens is 280 g/mol. The van der Waals surface area contributed by atoms with E-state index in [1.165, 1.54) is 0 Å². The molecule has 0 amide bonds. The lowest BCUT2D eigenvalue weighted by Gasteiger charge is -2.03. The third-order valence-electron chi connectivity index (χ3n) is 2.99. The Hall–Kier alpha value is -1.65. The maximum atomic E-state index is 10.3. The van der Waals surface area contributed by atoms with Crippen LogP contribution in [0.2, 0.25) is 0 Å². The first-order chi connectivity index (χ1) is 10.6. The van der Waals surface area contributed by atoms with E-state index in [4.69, 9.17) is 5.11 Å². The van der Waals surface area contributed by atoms with Crippen LogP contribution in [-0.4, -0.2) is 33.5 Å². The van der Waals surface area contributed by atoms with Gasteiger partial charge in [0.1, 0.15) is 0 Å². The number of carbonyl (C=O) groups is 1. The second kappa shape index (κ2) is 14.3. The predicted molar refractivity (Wildman–Crippen MR) is 89.6 cm³/mol. The topological polar surface area (TPSA) is 77.8 Å². The molecule has 0 aromatic rings. The minimum Gasteiger partial charge on any atom is -0.481 e. The SMILES string of the molecule is CCC(O)/C=C/C=C\C/C=C\C=C/C(O)CCCCC(=O)O. The first-order valence-electron chi connectivity index (χ1n) is 7.80. The molecule has 0 saturated heterocycles. The number of unbranched alkanes of at least 4 members (excludes halogenated alkanes) is 1. The van der Waals surface area contributed by atoms with Crippen LogP contribution in [0.25, 0.3) is 0 Å². The zero-order chi connectivity index (χ0) is 16.6. The molecule has 0 aliphatic carbocycles. The summed E-state index contributed by atoms with van der Waals surface area (Å²) in [5, 5.41) is 27.4. The second-order valence-corrected chi connectivity index (χ2v) is 5.04. The smallest absolute Gasteiger partial charge is 0.303 e. The summed E-state index contributed by atoms with van der Waals surface area (Å²) < 4.78 is 0. The first-order valence-corrected chi connectivity index (χ1v) is 7.80. The molecule has 3 N–H and O–H groups in total. The molecule has 0 radical (unpaired) electrons. The summed E-state index contributed by atoms with van der Waals surface area (Å²) in [6.07, 6.45) is 17.5. The quantitative estimate of drug-likeness (QED) is 0.381. The predicted octanol–water partition coefficient (Wildman–Crippen LogP) is 3.38. The molecule has 2 unspecified atom stereocenters. The molecular formula is C18H28O4. The minimum absolute atomic E-state index is 0.159. The highest BCUT2D eigenvalue weighted by molar-refractivity contribution is 5.66. The first kappa shape index (κ1) is 20.3. The van der Waals surface area contributed by atoms with Crippen LogP contribution in [0.5, 0.6) is 0 Å². The van der Waals surface area contributed by atoms with E-state index in [9.17, 15) is 15.0 Å². The van der Waals surface area contributed by atoms with E-state index in [1.807, 2.05) is 37.3 Å². The molecule has 0 saturated carbocycles. The lowest BCUT2D eigenvalue weighted by atomic mass is 10.1. The van der Waals surface area contributed by atoms with E-state index in [0.29, 0.717) is 25.7 Å². The summed E-state index contributed by atoms with van der Waals surface area (Å²) in [6.45, 7) is 1.92. The molecule has 0 aromatic heterocycles. The number of aliphatic hydroxyl groups excluding tert-OH is 2. The highest BCUT2D eigenvalue weighted by atomic mass is 16.4. The van der Waals surface area contributed by atoms with Crippen LogP contribution in [-0.2, 0) is 4.79 Å². The molecule has 22 heavy (non-hydrogen) atoms. The van der Waals surface area contributed by atoms with Gasteiger partial charge in [-0.15, -0.1) is 0 Å². The summed E-state index contributed by atoms with van der Waals surface area (Å²) >= 11 is 0. The summed E-state index contributed by atoms with van der Waals surface area (Å²) in [4.78, 5) is 10.3. The van der Waals surface area contributed by atoms with Gasteiger partial charge in [0.05, 0.1) is 12.2 Å². The van der Waals surface area contributed by atoms with E-state index in [1.54, 1.807) is 18.2 Å². The van der Waals surface area contributed by atoms with Gasteiger partial charge in [-0.25, -0.2) is 0 Å². The third-order valence-corrected chi connectivity index (χ3v) is 2.99. The van der Waals surface area contributed by atoms with Crippen molar-refractivity contribution in [1.29, 1.82) is 0 Å². The van der Waals surface area contributed by atoms with Crippen LogP contribution < -0.4 is 0 Å². The van der Waals surface area contributed by atoms with Gasteiger partial charge >= 0.3 is 5.97 Å². The van der Waals surface area contributed by atoms with Crippen LogP contribution in [0.3, 0.4) is 0 Å². The van der Waals surface area contributed by atoms with Crippen LogP contribution in [0.4, 0.5) is 0 Å². The zero-order valence-corrected chi connectivity index (χ0v) is 13.3. The van der Waals surface area contributed by atoms with Gasteiger partial charge in [-0.1, -0.05) is 55.5 Å². The fraction of sp³-hybridized carbons (Fsp3) is 0.500. The van der Waals surface area contributed by atoms with E-state index < -0.39 is 12.1 Å². The van der Waals surface area contributed by atoms with Crippen molar-refractivity contribution in [1.82, 2.24) is 0 Å². The maximum absolute atomic E-state index is 10.3. The Bertz CT molecular complexity index is 394. The molecule has 124 valence electrons. The normalized spacial score (nSPS) is 15.4. The van der Waals surface area contributed by atoms with Gasteiger partial charge in [0, 0.05) is 6.42 Å². The summed E-state index contributed by atoms with van der Waals surface area (Å²) in [5.41, 5.74) is 0. The molecule has 4 heteroatoms. The number of aliphatic carboxylic acids is 1. The van der Waals surface area contributed by atoms with Crippen molar-refractivity contribution in [2.24, 2.45) is 0 Å². The Morgan fingerprint density at radius 3 is 2.09 bits per heavy atom. The number of carboxylic acid groups (broad SMARTS) is 1. The Kier molecular flexibility index (Phi) is 13.2. The lowest BCUT2D eigenvalue weighted by Crippen LogP contribution is -2.02. The number of aliphatic hydroxyl groups is 2. The molecule has 0 fully saturated rings. The van der Waals surface area contributed by atoms with E-state index in [2.05, 4.69) is 0 Å². The number of rotatable bonds is 12. The van der Waals surface area contributed by atoms with Crippen molar-refractivity contribution in [2.45, 2.75) is 57.7 Å². The second-order valence-electron chi connectivity index (χ2n) is 5.04. The van der Waals surface area contributed by atoms with Crippen molar-refractivity contribution in [3.8, 4) is 0 Å². The standard InChI is InChI=1S/C18H28O4/c1-2-16(19)12-8-6-4-3-5-7-9-13-17(20)14-10-11-15-18(21)22/h4-9,12-13,16-17,19-20H,2-3,10-11,14-15H2,1H3,(H,21,22)/b6-4-,7-5-,12-8+,13-9-. The third kappa shape index (κ3) is 14.8. The molecule has 0 rings (SSSR count). The van der Waals surface area contributed by atoms with E-state index in [0.717, 1.165) is 6.42 Å². The minimum atomic E-state index is -0.792. The van der Waals surface area contributed by atoms with Crippen molar-refractivity contribution < 1.29 is 20.1 Å². The van der Waals surface area contributed by atoms with Crippen LogP contribution in [0, 0.1) is 0 Å². The Morgan fingerprint density at radius 1 is 0.955 bits per heavy atom. The Morgan fingerprint density at radius 2 is 1.55 bits per heavy atom. The molecule has 2 atom stereocenters. The number of hydrogen-bond donors (Lipinski definition) is 3. The van der Waals surface area contributed by atoms with Crippen molar-refractivity contribution in [3.05, 3.63) is 48.6 Å². The van der Waals surface area contributed by atoms with Gasteiger partial charge in [0.25, 0.3) is 0 Å². The monoisotopic (exact) mass is 308 g/mol. The highest BCUT2D eigenvalue weighted by Crippen LogP contribution is 2.05. The summed E-state index contributed by atoms with van der Waals surface area (Å²) in [7, 11) is 0. The molecule has 4 nitrogen and oxygen atoms in total. The molecule has 0 spiro atoms. The van der Waals surface area contributed by atoms with Gasteiger partial charge in [0.2, 0.25) is 0 Å². The largest absolute Gasteiger partial charge is 0.481 e. The van der Waals surface area contributed by atoms with Gasteiger partial charge in [-0.2, -0.15) is 0 Å². The zero-order valence-electron chi connectivity index (χ0n) is 13.3. The highest BCUT2D eigenvalue weighted by Gasteiger charge is 2.00. The lowest BCUT2D eigenvalue weighted by molar-refractivity contribution is -0.137. The Balaban J connectivity index is 3.71. The van der Waals surface area contributed by atoms with E-state index >= 15 is 0 Å². The van der Waals surface area contributed by atoms with Crippen LogP contribution in [0.1, 0.15) is 45.4 Å². The average molecular weight is 308 g/mol. The van der Waals surface area contributed by atoms with E-state index in [-0.39, 0.29) is 12.5 Å². The van der Waals surface area contributed by atoms with Crippen molar-refractivity contribution in [3.63, 3.8) is 0 Å². The fourth-order valence-corrected chi connectivity index (χ4v) is 1.64. The van der Waals surface area contributed by atoms with Crippen LogP contribution in [0.15, 0.2) is 48.6 Å². The number of allylic oxidation sites excluding steroid dienone is 6. The van der Waals surface area contributed by atoms with Crippen LogP contribution >= 0.6 is 0 Å².